The molecule has 0 saturated carbocycles. The molecule has 0 aliphatic heterocycles. The van der Waals surface area contributed by atoms with Gasteiger partial charge in [0.05, 0.1) is 45.8 Å². The first-order valence-electron chi connectivity index (χ1n) is 10.1. The van der Waals surface area contributed by atoms with Gasteiger partial charge in [-0.25, -0.2) is 0 Å². The second kappa shape index (κ2) is 13.8. The highest BCUT2D eigenvalue weighted by molar-refractivity contribution is 5.95. The van der Waals surface area contributed by atoms with E-state index in [4.69, 9.17) is 24.7 Å². The molecule has 0 heterocycles. The van der Waals surface area contributed by atoms with Gasteiger partial charge in [0.15, 0.2) is 0 Å². The van der Waals surface area contributed by atoms with Crippen molar-refractivity contribution in [2.75, 3.05) is 59.0 Å². The predicted octanol–water partition coefficient (Wildman–Crippen LogP) is 0.538. The van der Waals surface area contributed by atoms with Gasteiger partial charge in [0, 0.05) is 17.5 Å². The van der Waals surface area contributed by atoms with Gasteiger partial charge in [0.25, 0.3) is 5.91 Å². The number of aliphatic hydroxyl groups is 1. The number of anilines is 1. The maximum Gasteiger partial charge on any atom is 0.251 e. The molecule has 0 spiro atoms. The molecule has 0 saturated heterocycles. The van der Waals surface area contributed by atoms with Crippen molar-refractivity contribution in [3.63, 3.8) is 0 Å². The zero-order valence-electron chi connectivity index (χ0n) is 18.7. The summed E-state index contributed by atoms with van der Waals surface area (Å²) in [6.07, 6.45) is -0.934. The number of ether oxygens (including phenoxy) is 4. The summed E-state index contributed by atoms with van der Waals surface area (Å²) in [6.45, 7) is 7.30. The van der Waals surface area contributed by atoms with Crippen LogP contribution in [0.4, 0.5) is 5.69 Å². The Labute approximate surface area is 183 Å². The number of nitrogens with one attached hydrogen (secondary N) is 2. The summed E-state index contributed by atoms with van der Waals surface area (Å²) < 4.78 is 21.0. The van der Waals surface area contributed by atoms with Crippen LogP contribution in [-0.2, 0) is 19.0 Å². The summed E-state index contributed by atoms with van der Waals surface area (Å²) in [5.74, 6) is -0.173. The molecule has 0 aliphatic carbocycles. The van der Waals surface area contributed by atoms with Crippen molar-refractivity contribution >= 4 is 17.5 Å². The smallest absolute Gasteiger partial charge is 0.251 e. The standard InChI is InChI=1S/C21H35N3O7/c1-21(2,3)20(27)24-18(25)14-31-12-11-30-10-9-29-8-7-23-19(26)15-5-6-16(22)17(13-15)28-4/h5-6,13,20,27H,7-12,14,22H2,1-4H3,(H,23,26)(H,24,25). The molecular formula is C21H35N3O7. The molecule has 5 N–H and O–H groups in total. The highest BCUT2D eigenvalue weighted by atomic mass is 16.5. The van der Waals surface area contributed by atoms with Crippen molar-refractivity contribution in [2.45, 2.75) is 27.0 Å². The van der Waals surface area contributed by atoms with Crippen LogP contribution in [0.15, 0.2) is 18.2 Å². The first-order chi connectivity index (χ1) is 14.6. The van der Waals surface area contributed by atoms with Gasteiger partial charge in [-0.15, -0.1) is 0 Å². The zero-order chi connectivity index (χ0) is 23.3. The van der Waals surface area contributed by atoms with Crippen LogP contribution in [0.5, 0.6) is 5.75 Å². The van der Waals surface area contributed by atoms with E-state index in [2.05, 4.69) is 10.6 Å². The molecule has 0 bridgehead atoms. The quantitative estimate of drug-likeness (QED) is 0.186. The summed E-state index contributed by atoms with van der Waals surface area (Å²) in [4.78, 5) is 23.7. The van der Waals surface area contributed by atoms with Gasteiger partial charge in [0.2, 0.25) is 5.91 Å². The predicted molar refractivity (Wildman–Crippen MR) is 116 cm³/mol. The van der Waals surface area contributed by atoms with E-state index in [0.29, 0.717) is 50.0 Å². The Balaban J connectivity index is 2.00. The lowest BCUT2D eigenvalue weighted by Gasteiger charge is -2.26. The first kappa shape index (κ1) is 26.6. The molecular weight excluding hydrogens is 406 g/mol. The molecule has 1 aromatic rings. The van der Waals surface area contributed by atoms with E-state index in [-0.39, 0.29) is 25.0 Å². The van der Waals surface area contributed by atoms with E-state index in [1.807, 2.05) is 20.8 Å². The first-order valence-corrected chi connectivity index (χ1v) is 10.1. The summed E-state index contributed by atoms with van der Waals surface area (Å²) in [5.41, 5.74) is 6.21. The molecule has 0 aromatic heterocycles. The second-order valence-electron chi connectivity index (χ2n) is 7.83. The minimum atomic E-state index is -0.934. The Hall–Kier alpha value is -2.40. The molecule has 1 atom stereocenters. The average Bonchev–Trinajstić information content (AvgIpc) is 2.71. The number of benzene rings is 1. The van der Waals surface area contributed by atoms with E-state index < -0.39 is 11.6 Å². The van der Waals surface area contributed by atoms with Gasteiger partial charge in [-0.05, 0) is 18.2 Å². The lowest BCUT2D eigenvalue weighted by Crippen LogP contribution is -2.45. The number of methoxy groups -OCH3 is 1. The van der Waals surface area contributed by atoms with Gasteiger partial charge in [-0.2, -0.15) is 0 Å². The molecule has 1 aromatic carbocycles. The summed E-state index contributed by atoms with van der Waals surface area (Å²) >= 11 is 0. The van der Waals surface area contributed by atoms with Crippen LogP contribution in [0.3, 0.4) is 0 Å². The van der Waals surface area contributed by atoms with E-state index in [1.165, 1.54) is 7.11 Å². The SMILES string of the molecule is COc1cc(C(=O)NCCOCCOCCOCC(=O)NC(O)C(C)(C)C)ccc1N. The van der Waals surface area contributed by atoms with Crippen molar-refractivity contribution in [1.29, 1.82) is 0 Å². The lowest BCUT2D eigenvalue weighted by molar-refractivity contribution is -0.131. The van der Waals surface area contributed by atoms with Crippen molar-refractivity contribution in [1.82, 2.24) is 10.6 Å². The lowest BCUT2D eigenvalue weighted by atomic mass is 9.94. The minimum Gasteiger partial charge on any atom is -0.495 e. The Morgan fingerprint density at radius 1 is 1.06 bits per heavy atom. The van der Waals surface area contributed by atoms with Crippen LogP contribution in [-0.4, -0.2) is 76.4 Å². The number of amides is 2. The van der Waals surface area contributed by atoms with Crippen LogP contribution >= 0.6 is 0 Å². The number of nitrogen functional groups attached to an aromatic ring is 1. The van der Waals surface area contributed by atoms with Crippen LogP contribution in [0.1, 0.15) is 31.1 Å². The van der Waals surface area contributed by atoms with Gasteiger partial charge in [-0.3, -0.25) is 9.59 Å². The van der Waals surface area contributed by atoms with E-state index in [0.717, 1.165) is 0 Å². The maximum atomic E-state index is 12.1. The normalized spacial score (nSPS) is 12.3. The summed E-state index contributed by atoms with van der Waals surface area (Å²) in [5, 5.41) is 15.0. The highest BCUT2D eigenvalue weighted by Gasteiger charge is 2.23. The van der Waals surface area contributed by atoms with Crippen LogP contribution in [0, 0.1) is 5.41 Å². The molecule has 10 heteroatoms. The van der Waals surface area contributed by atoms with E-state index in [9.17, 15) is 14.7 Å². The molecule has 1 rings (SSSR count). The fourth-order valence-electron chi connectivity index (χ4n) is 2.21. The van der Waals surface area contributed by atoms with E-state index >= 15 is 0 Å². The van der Waals surface area contributed by atoms with Crippen molar-refractivity contribution in [2.24, 2.45) is 5.41 Å². The number of rotatable bonds is 14. The van der Waals surface area contributed by atoms with Gasteiger partial charge in [-0.1, -0.05) is 20.8 Å². The maximum absolute atomic E-state index is 12.1. The fourth-order valence-corrected chi connectivity index (χ4v) is 2.21. The number of carbonyl (C=O) groups is 2. The molecule has 31 heavy (non-hydrogen) atoms. The third-order valence-electron chi connectivity index (χ3n) is 4.12. The van der Waals surface area contributed by atoms with Gasteiger partial charge in [0.1, 0.15) is 18.6 Å². The topological polar surface area (TPSA) is 141 Å². The third kappa shape index (κ3) is 11.0. The molecule has 0 aliphatic rings. The fraction of sp³-hybridized carbons (Fsp3) is 0.619. The number of hydrogen-bond acceptors (Lipinski definition) is 8. The molecule has 0 radical (unpaired) electrons. The Kier molecular flexibility index (Phi) is 11.9. The molecule has 1 unspecified atom stereocenters. The number of hydrogen-bond donors (Lipinski definition) is 4. The summed E-state index contributed by atoms with van der Waals surface area (Å²) in [7, 11) is 1.49. The number of carbonyl (C=O) groups excluding carboxylic acids is 2. The monoisotopic (exact) mass is 441 g/mol. The Morgan fingerprint density at radius 3 is 2.29 bits per heavy atom. The summed E-state index contributed by atoms with van der Waals surface area (Å²) in [6, 6.07) is 4.82. The van der Waals surface area contributed by atoms with Crippen LogP contribution in [0.2, 0.25) is 0 Å². The van der Waals surface area contributed by atoms with Crippen molar-refractivity contribution < 1.29 is 33.6 Å². The molecule has 10 nitrogen and oxygen atoms in total. The second-order valence-corrected chi connectivity index (χ2v) is 7.83. The van der Waals surface area contributed by atoms with Crippen LogP contribution in [0.25, 0.3) is 0 Å². The minimum absolute atomic E-state index is 0.146. The number of nitrogens with two attached hydrogens (primary N) is 1. The van der Waals surface area contributed by atoms with E-state index in [1.54, 1.807) is 18.2 Å². The van der Waals surface area contributed by atoms with Crippen molar-refractivity contribution in [3.8, 4) is 5.75 Å². The Bertz CT molecular complexity index is 692. The van der Waals surface area contributed by atoms with Gasteiger partial charge >= 0.3 is 0 Å². The third-order valence-corrected chi connectivity index (χ3v) is 4.12. The highest BCUT2D eigenvalue weighted by Crippen LogP contribution is 2.22. The molecule has 2 amide bonds. The number of aliphatic hydroxyl groups excluding tert-OH is 1. The average molecular weight is 442 g/mol. The molecule has 176 valence electrons. The Morgan fingerprint density at radius 2 is 1.68 bits per heavy atom. The van der Waals surface area contributed by atoms with Crippen LogP contribution < -0.4 is 21.1 Å². The largest absolute Gasteiger partial charge is 0.495 e. The van der Waals surface area contributed by atoms with Gasteiger partial charge < -0.3 is 40.4 Å². The van der Waals surface area contributed by atoms with Crippen molar-refractivity contribution in [3.05, 3.63) is 23.8 Å². The molecule has 0 fully saturated rings. The zero-order valence-corrected chi connectivity index (χ0v) is 18.7.